The second-order valence-corrected chi connectivity index (χ2v) is 4.42. The lowest BCUT2D eigenvalue weighted by Crippen LogP contribution is -2.20. The van der Waals surface area contributed by atoms with Crippen LogP contribution in [-0.4, -0.2) is 20.4 Å². The van der Waals surface area contributed by atoms with Gasteiger partial charge in [0, 0.05) is 18.9 Å². The van der Waals surface area contributed by atoms with Crippen molar-refractivity contribution in [3.63, 3.8) is 0 Å². The Morgan fingerprint density at radius 1 is 1.50 bits per heavy atom. The molecule has 0 saturated heterocycles. The molecule has 2 N–H and O–H groups in total. The monoisotopic (exact) mass is 197 g/mol. The van der Waals surface area contributed by atoms with Crippen LogP contribution in [0.1, 0.15) is 38.9 Å². The Kier molecular flexibility index (Phi) is 3.34. The van der Waals surface area contributed by atoms with Crippen molar-refractivity contribution in [2.75, 3.05) is 0 Å². The molecule has 3 heteroatoms. The Balaban J connectivity index is 2.52. The molecule has 0 amide bonds. The molecule has 0 aliphatic heterocycles. The van der Waals surface area contributed by atoms with E-state index in [4.69, 9.17) is 0 Å². The van der Waals surface area contributed by atoms with E-state index in [-0.39, 0.29) is 0 Å². The minimum atomic E-state index is -0.630. The third kappa shape index (κ3) is 3.52. The Labute approximate surface area is 85.0 Å². The smallest absolute Gasteiger partial charge is 0.0776 e. The zero-order valence-electron chi connectivity index (χ0n) is 9.07. The fourth-order valence-electron chi connectivity index (χ4n) is 1.25. The summed E-state index contributed by atoms with van der Waals surface area (Å²) in [4.78, 5) is 0. The molecule has 0 bridgehead atoms. The van der Waals surface area contributed by atoms with Crippen LogP contribution in [0.3, 0.4) is 0 Å². The van der Waals surface area contributed by atoms with E-state index in [0.29, 0.717) is 6.42 Å². The van der Waals surface area contributed by atoms with Gasteiger partial charge in [-0.2, -0.15) is 0 Å². The quantitative estimate of drug-likeness (QED) is 0.771. The average Bonchev–Trinajstić information content (AvgIpc) is 2.47. The fraction of sp³-hybridized carbons (Fsp3) is 0.636. The molecular formula is C11H19NO2. The predicted molar refractivity (Wildman–Crippen MR) is 56.0 cm³/mol. The van der Waals surface area contributed by atoms with Gasteiger partial charge in [0.1, 0.15) is 0 Å². The summed E-state index contributed by atoms with van der Waals surface area (Å²) in [7, 11) is 0. The number of aliphatic hydroxyl groups is 2. The van der Waals surface area contributed by atoms with Crippen LogP contribution in [0.25, 0.3) is 0 Å². The SMILES string of the molecule is CC(O)c1ccn(CCC(C)(C)O)c1. The van der Waals surface area contributed by atoms with Gasteiger partial charge in [-0.05, 0) is 38.8 Å². The van der Waals surface area contributed by atoms with Crippen molar-refractivity contribution in [2.24, 2.45) is 0 Å². The molecule has 0 spiro atoms. The summed E-state index contributed by atoms with van der Waals surface area (Å²) in [6.07, 6.45) is 4.13. The van der Waals surface area contributed by atoms with Crippen LogP contribution in [0.4, 0.5) is 0 Å². The van der Waals surface area contributed by atoms with Crippen LogP contribution in [0.5, 0.6) is 0 Å². The molecule has 14 heavy (non-hydrogen) atoms. The molecule has 0 aliphatic carbocycles. The zero-order chi connectivity index (χ0) is 10.8. The van der Waals surface area contributed by atoms with Gasteiger partial charge >= 0.3 is 0 Å². The van der Waals surface area contributed by atoms with Crippen molar-refractivity contribution in [2.45, 2.75) is 45.4 Å². The second-order valence-electron chi connectivity index (χ2n) is 4.42. The van der Waals surface area contributed by atoms with Crippen LogP contribution in [0.15, 0.2) is 18.5 Å². The van der Waals surface area contributed by atoms with Gasteiger partial charge in [-0.3, -0.25) is 0 Å². The summed E-state index contributed by atoms with van der Waals surface area (Å²) in [6, 6.07) is 1.90. The van der Waals surface area contributed by atoms with Crippen molar-refractivity contribution in [1.82, 2.24) is 4.57 Å². The number of hydrogen-bond donors (Lipinski definition) is 2. The van der Waals surface area contributed by atoms with Gasteiger partial charge < -0.3 is 14.8 Å². The summed E-state index contributed by atoms with van der Waals surface area (Å²) < 4.78 is 1.99. The molecule has 1 heterocycles. The van der Waals surface area contributed by atoms with Crippen LogP contribution in [0.2, 0.25) is 0 Å². The highest BCUT2D eigenvalue weighted by atomic mass is 16.3. The van der Waals surface area contributed by atoms with E-state index in [1.807, 2.05) is 23.0 Å². The molecule has 0 fully saturated rings. The lowest BCUT2D eigenvalue weighted by molar-refractivity contribution is 0.0662. The van der Waals surface area contributed by atoms with E-state index in [9.17, 15) is 10.2 Å². The summed E-state index contributed by atoms with van der Waals surface area (Å²) in [5.74, 6) is 0. The van der Waals surface area contributed by atoms with Crippen molar-refractivity contribution >= 4 is 0 Å². The number of rotatable bonds is 4. The number of aliphatic hydroxyl groups excluding tert-OH is 1. The standard InChI is InChI=1S/C11H19NO2/c1-9(13)10-4-6-12(8-10)7-5-11(2,3)14/h4,6,8-9,13-14H,5,7H2,1-3H3. The van der Waals surface area contributed by atoms with Crippen molar-refractivity contribution in [1.29, 1.82) is 0 Å². The van der Waals surface area contributed by atoms with E-state index in [1.54, 1.807) is 20.8 Å². The minimum absolute atomic E-state index is 0.418. The summed E-state index contributed by atoms with van der Waals surface area (Å²) >= 11 is 0. The second kappa shape index (κ2) is 4.15. The maximum atomic E-state index is 9.53. The Bertz CT molecular complexity index is 284. The highest BCUT2D eigenvalue weighted by molar-refractivity contribution is 5.12. The van der Waals surface area contributed by atoms with E-state index < -0.39 is 11.7 Å². The summed E-state index contributed by atoms with van der Waals surface area (Å²) in [5, 5.41) is 18.8. The Morgan fingerprint density at radius 3 is 2.57 bits per heavy atom. The number of nitrogens with zero attached hydrogens (tertiary/aromatic N) is 1. The molecule has 1 aromatic heterocycles. The first-order valence-electron chi connectivity index (χ1n) is 4.94. The van der Waals surface area contributed by atoms with Gasteiger partial charge in [-0.1, -0.05) is 0 Å². The largest absolute Gasteiger partial charge is 0.390 e. The summed E-state index contributed by atoms with van der Waals surface area (Å²) in [5.41, 5.74) is 0.288. The van der Waals surface area contributed by atoms with Gasteiger partial charge in [0.25, 0.3) is 0 Å². The maximum absolute atomic E-state index is 9.53. The van der Waals surface area contributed by atoms with Crippen LogP contribution >= 0.6 is 0 Å². The van der Waals surface area contributed by atoms with Crippen LogP contribution in [0, 0.1) is 0 Å². The Morgan fingerprint density at radius 2 is 2.14 bits per heavy atom. The highest BCUT2D eigenvalue weighted by Crippen LogP contribution is 2.14. The van der Waals surface area contributed by atoms with E-state index in [0.717, 1.165) is 12.1 Å². The zero-order valence-corrected chi connectivity index (χ0v) is 9.07. The predicted octanol–water partition coefficient (Wildman–Crippen LogP) is 1.70. The lowest BCUT2D eigenvalue weighted by atomic mass is 10.1. The topological polar surface area (TPSA) is 45.4 Å². The van der Waals surface area contributed by atoms with Gasteiger partial charge in [-0.25, -0.2) is 0 Å². The molecule has 1 atom stereocenters. The van der Waals surface area contributed by atoms with Crippen molar-refractivity contribution < 1.29 is 10.2 Å². The minimum Gasteiger partial charge on any atom is -0.390 e. The third-order valence-corrected chi connectivity index (χ3v) is 2.24. The van der Waals surface area contributed by atoms with Crippen molar-refractivity contribution in [3.05, 3.63) is 24.0 Å². The first-order chi connectivity index (χ1) is 6.38. The van der Waals surface area contributed by atoms with Gasteiger partial charge in [0.2, 0.25) is 0 Å². The molecule has 0 saturated carbocycles. The summed E-state index contributed by atoms with van der Waals surface area (Å²) in [6.45, 7) is 6.12. The first kappa shape index (κ1) is 11.3. The number of aromatic nitrogens is 1. The Hall–Kier alpha value is -0.800. The normalized spacial score (nSPS) is 14.4. The highest BCUT2D eigenvalue weighted by Gasteiger charge is 2.12. The van der Waals surface area contributed by atoms with Crippen LogP contribution < -0.4 is 0 Å². The average molecular weight is 197 g/mol. The molecule has 1 aromatic rings. The molecule has 80 valence electrons. The molecular weight excluding hydrogens is 178 g/mol. The molecule has 0 aliphatic rings. The van der Waals surface area contributed by atoms with Gasteiger partial charge in [-0.15, -0.1) is 0 Å². The fourth-order valence-corrected chi connectivity index (χ4v) is 1.25. The third-order valence-electron chi connectivity index (χ3n) is 2.24. The van der Waals surface area contributed by atoms with E-state index >= 15 is 0 Å². The number of hydrogen-bond acceptors (Lipinski definition) is 2. The van der Waals surface area contributed by atoms with E-state index in [2.05, 4.69) is 0 Å². The molecule has 0 radical (unpaired) electrons. The first-order valence-corrected chi connectivity index (χ1v) is 4.94. The van der Waals surface area contributed by atoms with Gasteiger partial charge in [0.15, 0.2) is 0 Å². The van der Waals surface area contributed by atoms with Crippen LogP contribution in [-0.2, 0) is 6.54 Å². The van der Waals surface area contributed by atoms with Crippen molar-refractivity contribution in [3.8, 4) is 0 Å². The molecule has 3 nitrogen and oxygen atoms in total. The lowest BCUT2D eigenvalue weighted by Gasteiger charge is -2.16. The van der Waals surface area contributed by atoms with Gasteiger partial charge in [0.05, 0.1) is 11.7 Å². The maximum Gasteiger partial charge on any atom is 0.0776 e. The molecule has 1 rings (SSSR count). The van der Waals surface area contributed by atoms with E-state index in [1.165, 1.54) is 0 Å². The molecule has 0 aromatic carbocycles. The molecule has 1 unspecified atom stereocenters. The number of aryl methyl sites for hydroxylation is 1.